The van der Waals surface area contributed by atoms with Crippen molar-refractivity contribution in [2.24, 2.45) is 5.41 Å². The highest BCUT2D eigenvalue weighted by atomic mass is 16.2. The van der Waals surface area contributed by atoms with Crippen molar-refractivity contribution in [1.29, 1.82) is 0 Å². The summed E-state index contributed by atoms with van der Waals surface area (Å²) in [6.45, 7) is 5.54. The predicted molar refractivity (Wildman–Crippen MR) is 107 cm³/mol. The molecule has 0 bridgehead atoms. The Hall–Kier alpha value is -3.22. The van der Waals surface area contributed by atoms with Crippen LogP contribution in [-0.2, 0) is 4.79 Å². The van der Waals surface area contributed by atoms with E-state index in [0.29, 0.717) is 17.4 Å². The van der Waals surface area contributed by atoms with Gasteiger partial charge in [0.05, 0.1) is 11.4 Å². The highest BCUT2D eigenvalue weighted by molar-refractivity contribution is 5.94. The number of benzene rings is 1. The summed E-state index contributed by atoms with van der Waals surface area (Å²) in [7, 11) is 0. The van der Waals surface area contributed by atoms with E-state index in [9.17, 15) is 9.59 Å². The number of carbonyl (C=O) groups excluding carboxylic acids is 1. The third-order valence-corrected chi connectivity index (χ3v) is 4.65. The largest absolute Gasteiger partial charge is 0.310 e. The molecule has 7 nitrogen and oxygen atoms in total. The maximum atomic E-state index is 12.5. The molecule has 0 spiro atoms. The number of nitrogens with zero attached hydrogens (tertiary/aromatic N) is 3. The first-order valence-electron chi connectivity index (χ1n) is 9.40. The minimum Gasteiger partial charge on any atom is -0.310 e. The normalized spacial score (nSPS) is 14.1. The van der Waals surface area contributed by atoms with Gasteiger partial charge in [-0.2, -0.15) is 9.78 Å². The number of rotatable bonds is 4. The molecule has 4 rings (SSSR count). The average Bonchev–Trinajstić information content (AvgIpc) is 3.42. The molecule has 0 unspecified atom stereocenters. The number of H-pyrrole nitrogens is 1. The smallest absolute Gasteiger partial charge is 0.252 e. The zero-order valence-electron chi connectivity index (χ0n) is 16.2. The van der Waals surface area contributed by atoms with Gasteiger partial charge in [-0.1, -0.05) is 51.1 Å². The number of anilines is 1. The maximum absolute atomic E-state index is 12.5. The van der Waals surface area contributed by atoms with Crippen molar-refractivity contribution in [2.75, 3.05) is 5.32 Å². The molecule has 2 aromatic heterocycles. The molecule has 28 heavy (non-hydrogen) atoms. The summed E-state index contributed by atoms with van der Waals surface area (Å²) in [5, 5.41) is 7.55. The predicted octanol–water partition coefficient (Wildman–Crippen LogP) is 3.48. The summed E-state index contributed by atoms with van der Waals surface area (Å²) < 4.78 is 1.52. The standard InChI is InChI=1S/C21H23N5O2/c1-21(2,3)19(28)23-17-11-16(14-9-10-14)25-26(17)20-22-15(12-18(27)24-20)13-7-5-4-6-8-13/h4-8,11-12,14H,9-10H2,1-3H3,(H,23,28)(H,22,24,27). The molecule has 3 aromatic rings. The van der Waals surface area contributed by atoms with Gasteiger partial charge in [0, 0.05) is 29.0 Å². The van der Waals surface area contributed by atoms with Gasteiger partial charge < -0.3 is 5.32 Å². The first kappa shape index (κ1) is 18.2. The lowest BCUT2D eigenvalue weighted by Gasteiger charge is -2.18. The fourth-order valence-electron chi connectivity index (χ4n) is 2.83. The van der Waals surface area contributed by atoms with Crippen LogP contribution in [0.3, 0.4) is 0 Å². The molecule has 2 N–H and O–H groups in total. The van der Waals surface area contributed by atoms with Crippen LogP contribution in [0.5, 0.6) is 0 Å². The van der Waals surface area contributed by atoms with Crippen LogP contribution in [-0.4, -0.2) is 25.7 Å². The fourth-order valence-corrected chi connectivity index (χ4v) is 2.83. The monoisotopic (exact) mass is 377 g/mol. The molecule has 7 heteroatoms. The van der Waals surface area contributed by atoms with E-state index < -0.39 is 5.41 Å². The molecule has 1 aliphatic carbocycles. The number of hydrogen-bond acceptors (Lipinski definition) is 4. The molecule has 0 radical (unpaired) electrons. The second-order valence-electron chi connectivity index (χ2n) is 8.16. The molecule has 1 aliphatic rings. The molecule has 1 amide bonds. The van der Waals surface area contributed by atoms with Crippen molar-refractivity contribution >= 4 is 11.7 Å². The number of amides is 1. The Morgan fingerprint density at radius 2 is 1.89 bits per heavy atom. The van der Waals surface area contributed by atoms with E-state index in [1.165, 1.54) is 10.7 Å². The molecule has 1 fully saturated rings. The molecule has 2 heterocycles. The van der Waals surface area contributed by atoms with Crippen LogP contribution in [0.1, 0.15) is 45.2 Å². The molecule has 0 aliphatic heterocycles. The minimum absolute atomic E-state index is 0.127. The molecular formula is C21H23N5O2. The molecule has 1 aromatic carbocycles. The van der Waals surface area contributed by atoms with Crippen LogP contribution in [0.2, 0.25) is 0 Å². The number of aromatic amines is 1. The summed E-state index contributed by atoms with van der Waals surface area (Å²) in [4.78, 5) is 32.1. The number of carbonyl (C=O) groups is 1. The van der Waals surface area contributed by atoms with Gasteiger partial charge in [0.2, 0.25) is 11.9 Å². The number of aromatic nitrogens is 4. The second-order valence-corrected chi connectivity index (χ2v) is 8.16. The lowest BCUT2D eigenvalue weighted by Crippen LogP contribution is -2.29. The fraction of sp³-hybridized carbons (Fsp3) is 0.333. The number of nitrogens with one attached hydrogen (secondary N) is 2. The Morgan fingerprint density at radius 3 is 2.54 bits per heavy atom. The van der Waals surface area contributed by atoms with Crippen LogP contribution in [0.25, 0.3) is 17.2 Å². The Labute approximate surface area is 162 Å². The van der Waals surface area contributed by atoms with Crippen LogP contribution >= 0.6 is 0 Å². The van der Waals surface area contributed by atoms with Gasteiger partial charge >= 0.3 is 0 Å². The summed E-state index contributed by atoms with van der Waals surface area (Å²) >= 11 is 0. The third-order valence-electron chi connectivity index (χ3n) is 4.65. The molecule has 144 valence electrons. The third kappa shape index (κ3) is 3.74. The van der Waals surface area contributed by atoms with Crippen molar-refractivity contribution in [2.45, 2.75) is 39.5 Å². The van der Waals surface area contributed by atoms with E-state index in [-0.39, 0.29) is 17.4 Å². The van der Waals surface area contributed by atoms with Crippen molar-refractivity contribution in [1.82, 2.24) is 19.7 Å². The minimum atomic E-state index is -0.554. The summed E-state index contributed by atoms with van der Waals surface area (Å²) in [5.41, 5.74) is 1.46. The van der Waals surface area contributed by atoms with Crippen LogP contribution in [0.15, 0.2) is 47.3 Å². The van der Waals surface area contributed by atoms with Crippen LogP contribution in [0.4, 0.5) is 5.82 Å². The zero-order chi connectivity index (χ0) is 19.9. The number of hydrogen-bond donors (Lipinski definition) is 2. The maximum Gasteiger partial charge on any atom is 0.252 e. The quantitative estimate of drug-likeness (QED) is 0.728. The summed E-state index contributed by atoms with van der Waals surface area (Å²) in [6, 6.07) is 12.8. The SMILES string of the molecule is CC(C)(C)C(=O)Nc1cc(C2CC2)nn1-c1nc(-c2ccccc2)cc(=O)[nH]1. The Balaban J connectivity index is 1.79. The Bertz CT molecular complexity index is 1070. The van der Waals surface area contributed by atoms with E-state index in [1.807, 2.05) is 57.2 Å². The van der Waals surface area contributed by atoms with E-state index in [4.69, 9.17) is 0 Å². The average molecular weight is 377 g/mol. The van der Waals surface area contributed by atoms with Gasteiger partial charge in [0.25, 0.3) is 5.56 Å². The van der Waals surface area contributed by atoms with Crippen molar-refractivity contribution in [3.8, 4) is 17.2 Å². The second kappa shape index (κ2) is 6.74. The zero-order valence-corrected chi connectivity index (χ0v) is 16.2. The van der Waals surface area contributed by atoms with E-state index in [1.54, 1.807) is 0 Å². The van der Waals surface area contributed by atoms with E-state index in [0.717, 1.165) is 24.1 Å². The first-order chi connectivity index (χ1) is 13.3. The van der Waals surface area contributed by atoms with Gasteiger partial charge in [-0.05, 0) is 12.8 Å². The van der Waals surface area contributed by atoms with Crippen molar-refractivity contribution in [3.63, 3.8) is 0 Å². The van der Waals surface area contributed by atoms with Crippen molar-refractivity contribution in [3.05, 3.63) is 58.5 Å². The highest BCUT2D eigenvalue weighted by Gasteiger charge is 2.29. The van der Waals surface area contributed by atoms with Gasteiger partial charge in [-0.3, -0.25) is 14.6 Å². The van der Waals surface area contributed by atoms with Crippen LogP contribution in [0, 0.1) is 5.41 Å². The van der Waals surface area contributed by atoms with Crippen LogP contribution < -0.4 is 10.9 Å². The van der Waals surface area contributed by atoms with Crippen molar-refractivity contribution < 1.29 is 4.79 Å². The Morgan fingerprint density at radius 1 is 1.18 bits per heavy atom. The Kier molecular flexibility index (Phi) is 4.37. The molecule has 0 saturated heterocycles. The van der Waals surface area contributed by atoms with E-state index >= 15 is 0 Å². The molecule has 1 saturated carbocycles. The topological polar surface area (TPSA) is 92.7 Å². The molecular weight excluding hydrogens is 354 g/mol. The highest BCUT2D eigenvalue weighted by Crippen LogP contribution is 2.40. The lowest BCUT2D eigenvalue weighted by molar-refractivity contribution is -0.123. The van der Waals surface area contributed by atoms with Gasteiger partial charge in [0.15, 0.2) is 0 Å². The summed E-state index contributed by atoms with van der Waals surface area (Å²) in [6.07, 6.45) is 2.16. The van der Waals surface area contributed by atoms with Gasteiger partial charge in [-0.25, -0.2) is 4.98 Å². The first-order valence-corrected chi connectivity index (χ1v) is 9.40. The lowest BCUT2D eigenvalue weighted by atomic mass is 9.96. The van der Waals surface area contributed by atoms with Gasteiger partial charge in [0.1, 0.15) is 5.82 Å². The summed E-state index contributed by atoms with van der Waals surface area (Å²) in [5.74, 6) is 1.06. The molecule has 0 atom stereocenters. The van der Waals surface area contributed by atoms with Gasteiger partial charge in [-0.15, -0.1) is 0 Å². The van der Waals surface area contributed by atoms with E-state index in [2.05, 4.69) is 20.4 Å².